The summed E-state index contributed by atoms with van der Waals surface area (Å²) in [7, 11) is 0. The van der Waals surface area contributed by atoms with E-state index in [0.29, 0.717) is 5.92 Å². The lowest BCUT2D eigenvalue weighted by Crippen LogP contribution is -2.24. The van der Waals surface area contributed by atoms with Crippen LogP contribution in [0.2, 0.25) is 5.02 Å². The van der Waals surface area contributed by atoms with Crippen LogP contribution in [0.3, 0.4) is 0 Å². The zero-order valence-electron chi connectivity index (χ0n) is 14.0. The summed E-state index contributed by atoms with van der Waals surface area (Å²) in [6.45, 7) is 7.77. The summed E-state index contributed by atoms with van der Waals surface area (Å²) < 4.78 is 40.0. The fourth-order valence-electron chi connectivity index (χ4n) is 2.60. The molecule has 0 aromatic heterocycles. The molecule has 2 rings (SSSR count). The Bertz CT molecular complexity index is 622. The highest BCUT2D eigenvalue weighted by Gasteiger charge is 2.36. The van der Waals surface area contributed by atoms with Gasteiger partial charge in [0.05, 0.1) is 17.6 Å². The highest BCUT2D eigenvalue weighted by Crippen LogP contribution is 2.38. The van der Waals surface area contributed by atoms with Crippen molar-refractivity contribution in [3.8, 4) is 0 Å². The van der Waals surface area contributed by atoms with Crippen LogP contribution >= 0.6 is 11.6 Å². The van der Waals surface area contributed by atoms with Crippen LogP contribution in [0.1, 0.15) is 44.9 Å². The number of benzene rings is 1. The third-order valence-electron chi connectivity index (χ3n) is 4.64. The molecule has 1 aliphatic rings. The quantitative estimate of drug-likeness (QED) is 0.611. The zero-order chi connectivity index (χ0) is 18.1. The van der Waals surface area contributed by atoms with Crippen molar-refractivity contribution in [3.05, 3.63) is 46.6 Å². The third kappa shape index (κ3) is 4.09. The normalized spacial score (nSPS) is 27.5. The molecule has 1 aromatic carbocycles. The van der Waals surface area contributed by atoms with Crippen LogP contribution in [0.4, 0.5) is 13.2 Å². The van der Waals surface area contributed by atoms with E-state index in [1.165, 1.54) is 17.1 Å². The van der Waals surface area contributed by atoms with E-state index in [0.717, 1.165) is 6.07 Å². The third-order valence-corrected chi connectivity index (χ3v) is 4.87. The molecule has 0 saturated carbocycles. The van der Waals surface area contributed by atoms with E-state index in [9.17, 15) is 13.2 Å². The van der Waals surface area contributed by atoms with Crippen molar-refractivity contribution >= 4 is 11.6 Å². The van der Waals surface area contributed by atoms with Crippen molar-refractivity contribution in [3.63, 3.8) is 0 Å². The van der Waals surface area contributed by atoms with Gasteiger partial charge in [0.2, 0.25) is 0 Å². The molecule has 2 unspecified atom stereocenters. The predicted molar refractivity (Wildman–Crippen MR) is 88.5 cm³/mol. The summed E-state index contributed by atoms with van der Waals surface area (Å²) in [6.07, 6.45) is -0.817. The molecule has 0 fully saturated rings. The minimum absolute atomic E-state index is 0.00745. The maximum Gasteiger partial charge on any atom is 0.416 e. The van der Waals surface area contributed by atoms with E-state index in [1.807, 2.05) is 13.0 Å². The van der Waals surface area contributed by atoms with Crippen LogP contribution in [-0.4, -0.2) is 11.1 Å². The Balaban J connectivity index is 2.40. The second-order valence-corrected chi connectivity index (χ2v) is 6.73. The van der Waals surface area contributed by atoms with E-state index < -0.39 is 17.8 Å². The molecular weight excluding hydrogens is 339 g/mol. The molecule has 0 amide bonds. The summed E-state index contributed by atoms with van der Waals surface area (Å²) in [5, 5.41) is 9.91. The average molecular weight is 360 g/mol. The lowest BCUT2D eigenvalue weighted by atomic mass is 9.90. The van der Waals surface area contributed by atoms with Crippen LogP contribution < -0.4 is 0 Å². The molecule has 0 radical (unpaired) electrons. The van der Waals surface area contributed by atoms with Gasteiger partial charge in [-0.1, -0.05) is 42.8 Å². The van der Waals surface area contributed by atoms with Gasteiger partial charge in [0.15, 0.2) is 0 Å². The maximum absolute atomic E-state index is 13.3. The lowest BCUT2D eigenvalue weighted by Gasteiger charge is -2.29. The molecule has 24 heavy (non-hydrogen) atoms. The molecule has 0 saturated heterocycles. The van der Waals surface area contributed by atoms with Crippen molar-refractivity contribution in [1.82, 2.24) is 5.01 Å². The Kier molecular flexibility index (Phi) is 5.58. The van der Waals surface area contributed by atoms with Crippen LogP contribution in [0.5, 0.6) is 0 Å². The maximum atomic E-state index is 13.3. The summed E-state index contributed by atoms with van der Waals surface area (Å²) in [4.78, 5) is 0. The first-order valence-corrected chi connectivity index (χ1v) is 8.23. The summed E-state index contributed by atoms with van der Waals surface area (Å²) in [5.41, 5.74) is -0.632. The first-order valence-electron chi connectivity index (χ1n) is 7.85. The molecule has 0 bridgehead atoms. The first kappa shape index (κ1) is 18.8. The lowest BCUT2D eigenvalue weighted by molar-refractivity contribution is -0.138. The molecule has 3 nitrogen and oxygen atoms in total. The molecule has 0 spiro atoms. The van der Waals surface area contributed by atoms with Crippen LogP contribution in [-0.2, 0) is 6.18 Å². The van der Waals surface area contributed by atoms with Gasteiger partial charge in [0, 0.05) is 11.2 Å². The van der Waals surface area contributed by atoms with Crippen molar-refractivity contribution in [1.29, 1.82) is 0 Å². The number of hydrogen-bond acceptors (Lipinski definition) is 3. The molecule has 7 heteroatoms. The van der Waals surface area contributed by atoms with Gasteiger partial charge in [0.25, 0.3) is 0 Å². The summed E-state index contributed by atoms with van der Waals surface area (Å²) >= 11 is 5.75. The average Bonchev–Trinajstić information content (AvgIpc) is 2.51. The Morgan fingerprint density at radius 3 is 2.50 bits per heavy atom. The van der Waals surface area contributed by atoms with E-state index in [2.05, 4.69) is 24.2 Å². The first-order chi connectivity index (χ1) is 11.1. The fraction of sp³-hybridized carbons (Fsp3) is 0.529. The van der Waals surface area contributed by atoms with Gasteiger partial charge < -0.3 is 0 Å². The Labute approximate surface area is 145 Å². The van der Waals surface area contributed by atoms with Crippen molar-refractivity contribution in [2.45, 2.75) is 46.0 Å². The minimum atomic E-state index is -4.48. The van der Waals surface area contributed by atoms with Crippen LogP contribution in [0, 0.1) is 11.8 Å². The van der Waals surface area contributed by atoms with Gasteiger partial charge in [-0.2, -0.15) is 18.3 Å². The smallest absolute Gasteiger partial charge is 0.248 e. The van der Waals surface area contributed by atoms with Gasteiger partial charge in [-0.3, -0.25) is 0 Å². The second kappa shape index (κ2) is 7.13. The fourth-order valence-corrected chi connectivity index (χ4v) is 2.77. The Hall–Kier alpha value is -1.56. The molecule has 4 atom stereocenters. The summed E-state index contributed by atoms with van der Waals surface area (Å²) in [5.74, 6) is 0.560. The number of allylic oxidation sites excluding steroid dienone is 1. The van der Waals surface area contributed by atoms with Crippen LogP contribution in [0.25, 0.3) is 0 Å². The SMILES string of the molecule is CC1/C=C/N(C(C)c2ccc(Cl)cc2C(F)(F)F)N=N[C@@H](C)[C@H]1C. The summed E-state index contributed by atoms with van der Waals surface area (Å²) in [6, 6.07) is 3.18. The van der Waals surface area contributed by atoms with Crippen molar-refractivity contribution < 1.29 is 13.2 Å². The monoisotopic (exact) mass is 359 g/mol. The molecule has 1 aliphatic heterocycles. The topological polar surface area (TPSA) is 28.0 Å². The van der Waals surface area contributed by atoms with Crippen LogP contribution in [0.15, 0.2) is 40.8 Å². The zero-order valence-corrected chi connectivity index (χ0v) is 14.8. The van der Waals surface area contributed by atoms with Gasteiger partial charge in [-0.05, 0) is 43.4 Å². The number of rotatable bonds is 2. The van der Waals surface area contributed by atoms with E-state index >= 15 is 0 Å². The Morgan fingerprint density at radius 2 is 1.88 bits per heavy atom. The van der Waals surface area contributed by atoms with Crippen molar-refractivity contribution in [2.24, 2.45) is 22.2 Å². The number of nitrogens with zero attached hydrogens (tertiary/aromatic N) is 3. The van der Waals surface area contributed by atoms with Gasteiger partial charge in [-0.25, -0.2) is 5.01 Å². The second-order valence-electron chi connectivity index (χ2n) is 6.29. The predicted octanol–water partition coefficient (Wildman–Crippen LogP) is 6.28. The largest absolute Gasteiger partial charge is 0.416 e. The van der Waals surface area contributed by atoms with E-state index in [1.54, 1.807) is 13.1 Å². The van der Waals surface area contributed by atoms with Gasteiger partial charge in [-0.15, -0.1) is 0 Å². The molecule has 1 aromatic rings. The van der Waals surface area contributed by atoms with Crippen molar-refractivity contribution in [2.75, 3.05) is 0 Å². The van der Waals surface area contributed by atoms with E-state index in [4.69, 9.17) is 11.6 Å². The molecular formula is C17H21ClF3N3. The highest BCUT2D eigenvalue weighted by atomic mass is 35.5. The number of halogens is 4. The van der Waals surface area contributed by atoms with E-state index in [-0.39, 0.29) is 22.5 Å². The molecule has 132 valence electrons. The number of alkyl halides is 3. The molecule has 0 aliphatic carbocycles. The highest BCUT2D eigenvalue weighted by molar-refractivity contribution is 6.30. The molecule has 0 N–H and O–H groups in total. The minimum Gasteiger partial charge on any atom is -0.248 e. The standard InChI is InChI=1S/C17H21ClF3N3/c1-10-7-8-24(23-22-12(3)11(10)2)13(4)15-6-5-14(18)9-16(15)17(19,20)21/h5-13H,1-4H3/b8-7+,23-22?/t10?,11-,12-,13?/m0/s1. The molecule has 1 heterocycles. The Morgan fingerprint density at radius 1 is 1.21 bits per heavy atom. The van der Waals surface area contributed by atoms with Gasteiger partial charge >= 0.3 is 6.18 Å². The van der Waals surface area contributed by atoms with Gasteiger partial charge in [0.1, 0.15) is 0 Å². The number of hydrogen-bond donors (Lipinski definition) is 0.